The fourth-order valence-electron chi connectivity index (χ4n) is 3.39. The maximum atomic E-state index is 13.0. The van der Waals surface area contributed by atoms with E-state index in [1.54, 1.807) is 36.0 Å². The molecule has 5 aromatic rings. The number of aryl methyl sites for hydroxylation is 1. The van der Waals surface area contributed by atoms with Crippen LogP contribution in [-0.4, -0.2) is 46.2 Å². The Morgan fingerprint density at radius 2 is 1.91 bits per heavy atom. The van der Waals surface area contributed by atoms with Gasteiger partial charge in [0.15, 0.2) is 0 Å². The van der Waals surface area contributed by atoms with E-state index < -0.39 is 11.8 Å². The molecule has 2 amide bonds. The van der Waals surface area contributed by atoms with Crippen LogP contribution in [0.2, 0.25) is 0 Å². The highest BCUT2D eigenvalue weighted by Gasteiger charge is 2.22. The van der Waals surface area contributed by atoms with Gasteiger partial charge in [-0.2, -0.15) is 15.2 Å². The Balaban J connectivity index is 1.35. The molecule has 5 rings (SSSR count). The molecular formula is C22H19N9O2. The second kappa shape index (κ2) is 8.38. The Morgan fingerprint density at radius 3 is 2.70 bits per heavy atom. The summed E-state index contributed by atoms with van der Waals surface area (Å²) in [6.45, 7) is 0.247. The quantitative estimate of drug-likeness (QED) is 0.369. The molecule has 0 unspecified atom stereocenters. The van der Waals surface area contributed by atoms with Crippen molar-refractivity contribution < 1.29 is 9.59 Å². The third-order valence-corrected chi connectivity index (χ3v) is 5.03. The van der Waals surface area contributed by atoms with Crippen LogP contribution in [0.1, 0.15) is 26.5 Å². The van der Waals surface area contributed by atoms with Gasteiger partial charge in [0.1, 0.15) is 11.5 Å². The van der Waals surface area contributed by atoms with E-state index in [2.05, 4.69) is 35.9 Å². The number of H-pyrrole nitrogens is 1. The molecule has 0 aliphatic heterocycles. The number of nitrogens with one attached hydrogen (secondary N) is 3. The van der Waals surface area contributed by atoms with Gasteiger partial charge in [-0.3, -0.25) is 23.8 Å². The van der Waals surface area contributed by atoms with Gasteiger partial charge in [-0.25, -0.2) is 4.98 Å². The van der Waals surface area contributed by atoms with Crippen LogP contribution in [0.5, 0.6) is 0 Å². The number of benzene rings is 1. The average molecular weight is 441 g/mol. The van der Waals surface area contributed by atoms with Crippen molar-refractivity contribution in [3.8, 4) is 11.3 Å². The Morgan fingerprint density at radius 1 is 1.06 bits per heavy atom. The van der Waals surface area contributed by atoms with Crippen molar-refractivity contribution in [3.05, 3.63) is 84.2 Å². The number of carbonyl (C=O) groups is 2. The largest absolute Gasteiger partial charge is 0.346 e. The lowest BCUT2D eigenvalue weighted by Gasteiger charge is -2.08. The van der Waals surface area contributed by atoms with Gasteiger partial charge in [0.25, 0.3) is 11.8 Å². The molecule has 0 radical (unpaired) electrons. The summed E-state index contributed by atoms with van der Waals surface area (Å²) in [7, 11) is 1.60. The van der Waals surface area contributed by atoms with Gasteiger partial charge in [0.2, 0.25) is 5.78 Å². The summed E-state index contributed by atoms with van der Waals surface area (Å²) in [4.78, 5) is 34.6. The van der Waals surface area contributed by atoms with Crippen molar-refractivity contribution in [2.75, 3.05) is 5.32 Å². The standard InChI is InChI=1S/C22H19N9O2/c1-30-19(16(12-25-30)20(32)23-11-15-7-9-24-29-15)21(33)27-18-8-10-31-13-17(26-22(31)28-18)14-5-3-2-4-6-14/h2-10,12-13H,11H2,1H3,(H,23,32)(H,24,29)(H,26,27,28,33). The molecule has 0 aliphatic rings. The number of amides is 2. The van der Waals surface area contributed by atoms with Crippen molar-refractivity contribution in [2.24, 2.45) is 7.05 Å². The van der Waals surface area contributed by atoms with Crippen molar-refractivity contribution in [1.82, 2.24) is 39.7 Å². The van der Waals surface area contributed by atoms with E-state index in [-0.39, 0.29) is 17.8 Å². The van der Waals surface area contributed by atoms with Crippen molar-refractivity contribution in [1.29, 1.82) is 0 Å². The number of nitrogens with zero attached hydrogens (tertiary/aromatic N) is 6. The van der Waals surface area contributed by atoms with Crippen LogP contribution < -0.4 is 10.6 Å². The first-order valence-corrected chi connectivity index (χ1v) is 10.1. The van der Waals surface area contributed by atoms with Crippen LogP contribution >= 0.6 is 0 Å². The molecule has 1 aromatic carbocycles. The van der Waals surface area contributed by atoms with Crippen molar-refractivity contribution in [3.63, 3.8) is 0 Å². The predicted octanol–water partition coefficient (Wildman–Crippen LogP) is 2.04. The van der Waals surface area contributed by atoms with E-state index in [0.29, 0.717) is 11.6 Å². The zero-order valence-electron chi connectivity index (χ0n) is 17.6. The maximum Gasteiger partial charge on any atom is 0.275 e. The van der Waals surface area contributed by atoms with E-state index in [1.807, 2.05) is 36.5 Å². The van der Waals surface area contributed by atoms with E-state index in [0.717, 1.165) is 17.0 Å². The molecule has 0 saturated heterocycles. The van der Waals surface area contributed by atoms with Gasteiger partial charge in [-0.1, -0.05) is 30.3 Å². The van der Waals surface area contributed by atoms with Crippen LogP contribution in [0.3, 0.4) is 0 Å². The monoisotopic (exact) mass is 441 g/mol. The van der Waals surface area contributed by atoms with E-state index in [9.17, 15) is 9.59 Å². The minimum atomic E-state index is -0.506. The number of fused-ring (bicyclic) bond motifs is 1. The third kappa shape index (κ3) is 4.06. The summed E-state index contributed by atoms with van der Waals surface area (Å²) in [6, 6.07) is 13.2. The highest BCUT2D eigenvalue weighted by molar-refractivity contribution is 6.10. The molecule has 11 heteroatoms. The molecule has 4 heterocycles. The Hall–Kier alpha value is -4.80. The second-order valence-corrected chi connectivity index (χ2v) is 7.26. The molecule has 0 spiro atoms. The minimum Gasteiger partial charge on any atom is -0.346 e. The fraction of sp³-hybridized carbons (Fsp3) is 0.0909. The highest BCUT2D eigenvalue weighted by atomic mass is 16.2. The summed E-state index contributed by atoms with van der Waals surface area (Å²) in [6.07, 6.45) is 6.58. The van der Waals surface area contributed by atoms with Gasteiger partial charge in [0.05, 0.1) is 29.7 Å². The first-order chi connectivity index (χ1) is 16.1. The average Bonchev–Trinajstić information content (AvgIpc) is 3.57. The number of anilines is 1. The van der Waals surface area contributed by atoms with Gasteiger partial charge >= 0.3 is 0 Å². The number of aromatic nitrogens is 7. The van der Waals surface area contributed by atoms with Crippen LogP contribution in [0.25, 0.3) is 17.0 Å². The van der Waals surface area contributed by atoms with E-state index in [4.69, 9.17) is 0 Å². The number of aromatic amines is 1. The van der Waals surface area contributed by atoms with Gasteiger partial charge in [0, 0.05) is 31.2 Å². The van der Waals surface area contributed by atoms with E-state index in [1.165, 1.54) is 10.9 Å². The molecule has 11 nitrogen and oxygen atoms in total. The minimum absolute atomic E-state index is 0.118. The number of hydrogen-bond acceptors (Lipinski definition) is 6. The van der Waals surface area contributed by atoms with Gasteiger partial charge in [-0.15, -0.1) is 0 Å². The van der Waals surface area contributed by atoms with Crippen molar-refractivity contribution in [2.45, 2.75) is 6.54 Å². The van der Waals surface area contributed by atoms with Crippen molar-refractivity contribution >= 4 is 23.4 Å². The Bertz CT molecular complexity index is 1440. The molecule has 0 fully saturated rings. The SMILES string of the molecule is Cn1ncc(C(=O)NCc2ccn[nH]2)c1C(=O)Nc1ccn2cc(-c3ccccc3)nc2n1. The molecule has 3 N–H and O–H groups in total. The number of imidazole rings is 1. The predicted molar refractivity (Wildman–Crippen MR) is 119 cm³/mol. The molecule has 164 valence electrons. The summed E-state index contributed by atoms with van der Waals surface area (Å²) in [5.41, 5.74) is 2.75. The fourth-order valence-corrected chi connectivity index (χ4v) is 3.39. The summed E-state index contributed by atoms with van der Waals surface area (Å²) in [5, 5.41) is 16.1. The number of rotatable bonds is 6. The van der Waals surface area contributed by atoms with Gasteiger partial charge in [-0.05, 0) is 12.1 Å². The lowest BCUT2D eigenvalue weighted by molar-refractivity contribution is 0.0935. The molecule has 0 saturated carbocycles. The van der Waals surface area contributed by atoms with E-state index >= 15 is 0 Å². The Kier molecular flexibility index (Phi) is 5.11. The molecule has 33 heavy (non-hydrogen) atoms. The summed E-state index contributed by atoms with van der Waals surface area (Å²) < 4.78 is 3.12. The normalized spacial score (nSPS) is 10.9. The Labute approximate surface area is 187 Å². The first kappa shape index (κ1) is 20.1. The summed E-state index contributed by atoms with van der Waals surface area (Å²) >= 11 is 0. The molecule has 0 bridgehead atoms. The topological polar surface area (TPSA) is 135 Å². The molecular weight excluding hydrogens is 422 g/mol. The molecule has 4 aromatic heterocycles. The lowest BCUT2D eigenvalue weighted by Crippen LogP contribution is -2.27. The number of hydrogen-bond donors (Lipinski definition) is 3. The smallest absolute Gasteiger partial charge is 0.275 e. The zero-order chi connectivity index (χ0) is 22.8. The lowest BCUT2D eigenvalue weighted by atomic mass is 10.2. The number of carbonyl (C=O) groups excluding carboxylic acids is 2. The first-order valence-electron chi connectivity index (χ1n) is 10.1. The van der Waals surface area contributed by atoms with Crippen LogP contribution in [0, 0.1) is 0 Å². The van der Waals surface area contributed by atoms with Crippen LogP contribution in [0.15, 0.2) is 67.3 Å². The highest BCUT2D eigenvalue weighted by Crippen LogP contribution is 2.19. The maximum absolute atomic E-state index is 13.0. The third-order valence-electron chi connectivity index (χ3n) is 5.03. The van der Waals surface area contributed by atoms with Gasteiger partial charge < -0.3 is 10.6 Å². The molecule has 0 aliphatic carbocycles. The summed E-state index contributed by atoms with van der Waals surface area (Å²) in [5.74, 6) is -0.183. The van der Waals surface area contributed by atoms with Crippen LogP contribution in [-0.2, 0) is 13.6 Å². The van der Waals surface area contributed by atoms with Crippen LogP contribution in [0.4, 0.5) is 5.82 Å². The zero-order valence-corrected chi connectivity index (χ0v) is 17.6. The molecule has 0 atom stereocenters. The second-order valence-electron chi connectivity index (χ2n) is 7.26.